The van der Waals surface area contributed by atoms with Crippen molar-refractivity contribution >= 4 is 11.6 Å². The minimum atomic E-state index is 0.460. The van der Waals surface area contributed by atoms with Crippen LogP contribution >= 0.6 is 11.6 Å². The molecule has 0 aliphatic carbocycles. The summed E-state index contributed by atoms with van der Waals surface area (Å²) in [6, 6.07) is 1.68. The zero-order valence-electron chi connectivity index (χ0n) is 10.9. The zero-order chi connectivity index (χ0) is 12.7. The Hall–Kier alpha value is -0.830. The van der Waals surface area contributed by atoms with Gasteiger partial charge >= 0.3 is 0 Å². The molecule has 4 heteroatoms. The number of nitrogens with zero attached hydrogens (tertiary/aromatic N) is 2. The molecule has 3 nitrogen and oxygen atoms in total. The van der Waals surface area contributed by atoms with E-state index in [1.54, 1.807) is 6.07 Å². The molecule has 1 aromatic rings. The van der Waals surface area contributed by atoms with E-state index in [-0.39, 0.29) is 0 Å². The van der Waals surface area contributed by atoms with Gasteiger partial charge in [0.05, 0.1) is 6.61 Å². The SMILES string of the molecule is CCCc1nc(Cl)cc(OCCCC(C)C)n1. The summed E-state index contributed by atoms with van der Waals surface area (Å²) in [5.41, 5.74) is 0. The highest BCUT2D eigenvalue weighted by Crippen LogP contribution is 2.15. The minimum Gasteiger partial charge on any atom is -0.478 e. The Balaban J connectivity index is 2.46. The van der Waals surface area contributed by atoms with Crippen LogP contribution < -0.4 is 4.74 Å². The monoisotopic (exact) mass is 256 g/mol. The maximum Gasteiger partial charge on any atom is 0.218 e. The molecular formula is C13H21ClN2O. The first-order chi connectivity index (χ1) is 8.11. The number of aromatic nitrogens is 2. The molecule has 0 atom stereocenters. The molecule has 0 saturated carbocycles. The van der Waals surface area contributed by atoms with Crippen LogP contribution in [0.1, 0.15) is 45.9 Å². The molecule has 0 aliphatic heterocycles. The van der Waals surface area contributed by atoms with Crippen molar-refractivity contribution in [3.05, 3.63) is 17.0 Å². The van der Waals surface area contributed by atoms with Crippen molar-refractivity contribution in [1.82, 2.24) is 9.97 Å². The molecule has 1 heterocycles. The lowest BCUT2D eigenvalue weighted by Gasteiger charge is -2.08. The Morgan fingerprint density at radius 1 is 1.35 bits per heavy atom. The quantitative estimate of drug-likeness (QED) is 0.548. The van der Waals surface area contributed by atoms with Gasteiger partial charge in [0.15, 0.2) is 0 Å². The summed E-state index contributed by atoms with van der Waals surface area (Å²) >= 11 is 5.92. The van der Waals surface area contributed by atoms with Crippen molar-refractivity contribution in [3.63, 3.8) is 0 Å². The van der Waals surface area contributed by atoms with E-state index in [1.807, 2.05) is 0 Å². The second-order valence-corrected chi connectivity index (χ2v) is 4.97. The Kier molecular flexibility index (Phi) is 6.27. The highest BCUT2D eigenvalue weighted by molar-refractivity contribution is 6.29. The van der Waals surface area contributed by atoms with Crippen LogP contribution in [0.3, 0.4) is 0 Å². The molecule has 0 bridgehead atoms. The van der Waals surface area contributed by atoms with Crippen LogP contribution in [0.15, 0.2) is 6.07 Å². The molecule has 0 radical (unpaired) electrons. The average Bonchev–Trinajstić information content (AvgIpc) is 2.24. The summed E-state index contributed by atoms with van der Waals surface area (Å²) in [5.74, 6) is 2.07. The highest BCUT2D eigenvalue weighted by atomic mass is 35.5. The first-order valence-electron chi connectivity index (χ1n) is 6.28. The fraction of sp³-hybridized carbons (Fsp3) is 0.692. The van der Waals surface area contributed by atoms with E-state index in [1.165, 1.54) is 6.42 Å². The van der Waals surface area contributed by atoms with Crippen LogP contribution in [0.2, 0.25) is 5.15 Å². The van der Waals surface area contributed by atoms with Crippen LogP contribution in [-0.2, 0) is 6.42 Å². The van der Waals surface area contributed by atoms with Crippen LogP contribution in [0.25, 0.3) is 0 Å². The number of halogens is 1. The fourth-order valence-electron chi connectivity index (χ4n) is 1.52. The van der Waals surface area contributed by atoms with E-state index in [0.29, 0.717) is 23.6 Å². The fourth-order valence-corrected chi connectivity index (χ4v) is 1.71. The second kappa shape index (κ2) is 7.49. The smallest absolute Gasteiger partial charge is 0.218 e. The Labute approximate surface area is 109 Å². The third kappa shape index (κ3) is 5.87. The highest BCUT2D eigenvalue weighted by Gasteiger charge is 2.04. The van der Waals surface area contributed by atoms with Crippen molar-refractivity contribution in [2.45, 2.75) is 46.5 Å². The molecule has 0 aliphatic rings. The van der Waals surface area contributed by atoms with E-state index >= 15 is 0 Å². The molecule has 0 amide bonds. The maximum atomic E-state index is 5.92. The second-order valence-electron chi connectivity index (χ2n) is 4.58. The van der Waals surface area contributed by atoms with Gasteiger partial charge in [-0.3, -0.25) is 0 Å². The molecule has 0 fully saturated rings. The van der Waals surface area contributed by atoms with Crippen molar-refractivity contribution < 1.29 is 4.74 Å². The van der Waals surface area contributed by atoms with Crippen molar-refractivity contribution in [1.29, 1.82) is 0 Å². The number of hydrogen-bond donors (Lipinski definition) is 0. The van der Waals surface area contributed by atoms with E-state index in [9.17, 15) is 0 Å². The van der Waals surface area contributed by atoms with Gasteiger partial charge in [0.2, 0.25) is 5.88 Å². The summed E-state index contributed by atoms with van der Waals surface area (Å²) in [4.78, 5) is 8.48. The van der Waals surface area contributed by atoms with Gasteiger partial charge in [0.25, 0.3) is 0 Å². The van der Waals surface area contributed by atoms with Crippen LogP contribution in [0, 0.1) is 5.92 Å². The predicted octanol–water partition coefficient (Wildman–Crippen LogP) is 3.90. The van der Waals surface area contributed by atoms with Crippen molar-refractivity contribution in [3.8, 4) is 5.88 Å². The largest absolute Gasteiger partial charge is 0.478 e. The van der Waals surface area contributed by atoms with Gasteiger partial charge in [0, 0.05) is 12.5 Å². The Morgan fingerprint density at radius 3 is 2.76 bits per heavy atom. The van der Waals surface area contributed by atoms with Crippen molar-refractivity contribution in [2.75, 3.05) is 6.61 Å². The normalized spacial score (nSPS) is 10.9. The summed E-state index contributed by atoms with van der Waals surface area (Å²) in [6.07, 6.45) is 4.05. The number of rotatable bonds is 7. The first kappa shape index (κ1) is 14.2. The zero-order valence-corrected chi connectivity index (χ0v) is 11.6. The molecule has 1 aromatic heterocycles. The lowest BCUT2D eigenvalue weighted by atomic mass is 10.1. The Bertz CT molecular complexity index is 342. The Morgan fingerprint density at radius 2 is 2.12 bits per heavy atom. The maximum absolute atomic E-state index is 5.92. The average molecular weight is 257 g/mol. The van der Waals surface area contributed by atoms with E-state index < -0.39 is 0 Å². The van der Waals surface area contributed by atoms with E-state index in [2.05, 4.69) is 30.7 Å². The van der Waals surface area contributed by atoms with Crippen LogP contribution in [0.5, 0.6) is 5.88 Å². The summed E-state index contributed by atoms with van der Waals surface area (Å²) in [7, 11) is 0. The predicted molar refractivity (Wildman–Crippen MR) is 70.6 cm³/mol. The van der Waals surface area contributed by atoms with Crippen molar-refractivity contribution in [2.24, 2.45) is 5.92 Å². The molecule has 96 valence electrons. The van der Waals surface area contributed by atoms with Crippen LogP contribution in [-0.4, -0.2) is 16.6 Å². The molecule has 0 unspecified atom stereocenters. The van der Waals surface area contributed by atoms with Gasteiger partial charge in [-0.05, 0) is 25.2 Å². The van der Waals surface area contributed by atoms with Gasteiger partial charge in [-0.15, -0.1) is 0 Å². The number of ether oxygens (including phenoxy) is 1. The molecule has 0 saturated heterocycles. The molecule has 0 spiro atoms. The lowest BCUT2D eigenvalue weighted by Crippen LogP contribution is -2.03. The molecule has 1 rings (SSSR count). The lowest BCUT2D eigenvalue weighted by molar-refractivity contribution is 0.285. The number of aryl methyl sites for hydroxylation is 1. The van der Waals surface area contributed by atoms with Gasteiger partial charge < -0.3 is 4.74 Å². The first-order valence-corrected chi connectivity index (χ1v) is 6.66. The molecule has 17 heavy (non-hydrogen) atoms. The molecule has 0 aromatic carbocycles. The summed E-state index contributed by atoms with van der Waals surface area (Å²) in [5, 5.41) is 0.460. The van der Waals surface area contributed by atoms with Gasteiger partial charge in [-0.2, -0.15) is 4.98 Å². The third-order valence-corrected chi connectivity index (χ3v) is 2.56. The third-order valence-electron chi connectivity index (χ3n) is 2.37. The van der Waals surface area contributed by atoms with Crippen LogP contribution in [0.4, 0.5) is 0 Å². The molecule has 0 N–H and O–H groups in total. The standard InChI is InChI=1S/C13H21ClN2O/c1-4-6-12-15-11(14)9-13(16-12)17-8-5-7-10(2)3/h9-10H,4-8H2,1-3H3. The van der Waals surface area contributed by atoms with Gasteiger partial charge in [0.1, 0.15) is 11.0 Å². The number of hydrogen-bond acceptors (Lipinski definition) is 3. The van der Waals surface area contributed by atoms with Gasteiger partial charge in [-0.25, -0.2) is 4.98 Å². The van der Waals surface area contributed by atoms with Gasteiger partial charge in [-0.1, -0.05) is 32.4 Å². The summed E-state index contributed by atoms with van der Waals surface area (Å²) in [6.45, 7) is 7.20. The van der Waals surface area contributed by atoms with E-state index in [4.69, 9.17) is 16.3 Å². The minimum absolute atomic E-state index is 0.460. The topological polar surface area (TPSA) is 35.0 Å². The molecular weight excluding hydrogens is 236 g/mol. The summed E-state index contributed by atoms with van der Waals surface area (Å²) < 4.78 is 5.59. The van der Waals surface area contributed by atoms with E-state index in [0.717, 1.165) is 25.1 Å².